The molecule has 120 valence electrons. The Morgan fingerprint density at radius 1 is 1.23 bits per heavy atom. The molecule has 1 aromatic rings. The number of benzene rings is 1. The lowest BCUT2D eigenvalue weighted by Gasteiger charge is -2.15. The van der Waals surface area contributed by atoms with E-state index in [0.717, 1.165) is 10.0 Å². The molecule has 0 spiro atoms. The third kappa shape index (κ3) is 6.71. The molecule has 22 heavy (non-hydrogen) atoms. The zero-order valence-corrected chi connectivity index (χ0v) is 13.9. The quantitative estimate of drug-likeness (QED) is 0.673. The van der Waals surface area contributed by atoms with E-state index in [2.05, 4.69) is 21.2 Å². The molecule has 0 unspecified atom stereocenters. The topological polar surface area (TPSA) is 98.5 Å². The summed E-state index contributed by atoms with van der Waals surface area (Å²) >= 11 is 3.32. The van der Waals surface area contributed by atoms with Crippen LogP contribution < -0.4 is 11.1 Å². The van der Waals surface area contributed by atoms with Crippen molar-refractivity contribution >= 4 is 33.7 Å². The lowest BCUT2D eigenvalue weighted by molar-refractivity contribution is -0.144. The minimum atomic E-state index is -0.809. The van der Waals surface area contributed by atoms with E-state index in [-0.39, 0.29) is 19.4 Å². The first-order valence-corrected chi connectivity index (χ1v) is 7.70. The number of carbonyl (C=O) groups excluding carboxylic acids is 3. The maximum atomic E-state index is 11.8. The van der Waals surface area contributed by atoms with Crippen LogP contribution in [-0.4, -0.2) is 30.4 Å². The van der Waals surface area contributed by atoms with Crippen LogP contribution in [0.15, 0.2) is 28.7 Å². The van der Waals surface area contributed by atoms with E-state index in [1.54, 1.807) is 6.92 Å². The molecule has 0 aliphatic heterocycles. The lowest BCUT2D eigenvalue weighted by atomic mass is 10.1. The summed E-state index contributed by atoms with van der Waals surface area (Å²) in [4.78, 5) is 34.4. The molecule has 0 heterocycles. The third-order valence-corrected chi connectivity index (χ3v) is 3.42. The summed E-state index contributed by atoms with van der Waals surface area (Å²) < 4.78 is 5.66. The minimum absolute atomic E-state index is 0.0244. The number of esters is 1. The Hall–Kier alpha value is -1.89. The fraction of sp³-hybridized carbons (Fsp3) is 0.400. The van der Waals surface area contributed by atoms with Crippen LogP contribution >= 0.6 is 15.9 Å². The molecule has 1 aromatic carbocycles. The van der Waals surface area contributed by atoms with Crippen molar-refractivity contribution in [2.75, 3.05) is 6.61 Å². The number of nitrogens with two attached hydrogens (primary N) is 1. The average molecular weight is 371 g/mol. The Morgan fingerprint density at radius 2 is 1.86 bits per heavy atom. The lowest BCUT2D eigenvalue weighted by Crippen LogP contribution is -2.45. The first-order chi connectivity index (χ1) is 10.4. The van der Waals surface area contributed by atoms with Gasteiger partial charge in [0.05, 0.1) is 13.0 Å². The van der Waals surface area contributed by atoms with Gasteiger partial charge in [0.1, 0.15) is 6.04 Å². The Bertz CT molecular complexity index is 531. The summed E-state index contributed by atoms with van der Waals surface area (Å²) in [5, 5.41) is 2.54. The molecule has 0 saturated carbocycles. The number of halogens is 1. The smallest absolute Gasteiger partial charge is 0.306 e. The molecule has 3 N–H and O–H groups in total. The number of amides is 2. The maximum absolute atomic E-state index is 11.8. The molecule has 6 nitrogen and oxygen atoms in total. The second kappa shape index (κ2) is 9.19. The Kier molecular flexibility index (Phi) is 7.59. The highest BCUT2D eigenvalue weighted by Gasteiger charge is 2.19. The molecule has 7 heteroatoms. The SMILES string of the molecule is CCOC(=O)CCC(=O)N[C@H](Cc1ccc(Br)cc1)C(N)=O. The van der Waals surface area contributed by atoms with E-state index in [1.807, 2.05) is 24.3 Å². The molecule has 0 aliphatic carbocycles. The predicted molar refractivity (Wildman–Crippen MR) is 84.8 cm³/mol. The highest BCUT2D eigenvalue weighted by molar-refractivity contribution is 9.10. The number of ether oxygens (including phenoxy) is 1. The van der Waals surface area contributed by atoms with Gasteiger partial charge < -0.3 is 15.8 Å². The molecular weight excluding hydrogens is 352 g/mol. The normalized spacial score (nSPS) is 11.5. The van der Waals surface area contributed by atoms with Gasteiger partial charge in [-0.25, -0.2) is 0 Å². The number of hydrogen-bond donors (Lipinski definition) is 2. The highest BCUT2D eigenvalue weighted by atomic mass is 79.9. The van der Waals surface area contributed by atoms with Gasteiger partial charge in [-0.1, -0.05) is 28.1 Å². The number of rotatable bonds is 8. The Labute approximate surface area is 137 Å². The molecule has 1 rings (SSSR count). The molecule has 0 bridgehead atoms. The molecule has 0 saturated heterocycles. The van der Waals surface area contributed by atoms with Crippen molar-refractivity contribution in [2.24, 2.45) is 5.73 Å². The standard InChI is InChI=1S/C15H19BrN2O4/c1-2-22-14(20)8-7-13(19)18-12(15(17)21)9-10-3-5-11(16)6-4-10/h3-6,12H,2,7-9H2,1H3,(H2,17,21)(H,18,19)/t12-/m1/s1. The zero-order valence-electron chi connectivity index (χ0n) is 12.3. The van der Waals surface area contributed by atoms with Crippen LogP contribution in [0.5, 0.6) is 0 Å². The van der Waals surface area contributed by atoms with Gasteiger partial charge in [-0.15, -0.1) is 0 Å². The second-order valence-electron chi connectivity index (χ2n) is 4.66. The van der Waals surface area contributed by atoms with Crippen LogP contribution in [-0.2, 0) is 25.5 Å². The van der Waals surface area contributed by atoms with Crippen molar-refractivity contribution in [1.29, 1.82) is 0 Å². The number of carbonyl (C=O) groups is 3. The predicted octanol–water partition coefficient (Wildman–Crippen LogP) is 1.30. The van der Waals surface area contributed by atoms with Crippen LogP contribution in [0.4, 0.5) is 0 Å². The minimum Gasteiger partial charge on any atom is -0.466 e. The summed E-state index contributed by atoms with van der Waals surface area (Å²) in [5.74, 6) is -1.47. The highest BCUT2D eigenvalue weighted by Crippen LogP contribution is 2.12. The number of primary amides is 1. The van der Waals surface area contributed by atoms with Gasteiger partial charge in [-0.05, 0) is 24.6 Å². The number of nitrogens with one attached hydrogen (secondary N) is 1. The van der Waals surface area contributed by atoms with Crippen molar-refractivity contribution < 1.29 is 19.1 Å². The van der Waals surface area contributed by atoms with Gasteiger partial charge in [0.2, 0.25) is 11.8 Å². The van der Waals surface area contributed by atoms with Crippen molar-refractivity contribution in [3.63, 3.8) is 0 Å². The fourth-order valence-electron chi connectivity index (χ4n) is 1.79. The largest absolute Gasteiger partial charge is 0.466 e. The van der Waals surface area contributed by atoms with E-state index in [1.165, 1.54) is 0 Å². The molecule has 0 aromatic heterocycles. The molecule has 0 aliphatic rings. The van der Waals surface area contributed by atoms with Crippen LogP contribution in [0.3, 0.4) is 0 Å². The zero-order chi connectivity index (χ0) is 16.5. The summed E-state index contributed by atoms with van der Waals surface area (Å²) in [6, 6.07) is 6.55. The molecule has 0 radical (unpaired) electrons. The van der Waals surface area contributed by atoms with E-state index >= 15 is 0 Å². The first kappa shape index (κ1) is 18.2. The van der Waals surface area contributed by atoms with Crippen LogP contribution in [0, 0.1) is 0 Å². The van der Waals surface area contributed by atoms with Crippen molar-refractivity contribution in [2.45, 2.75) is 32.2 Å². The van der Waals surface area contributed by atoms with Crippen molar-refractivity contribution in [1.82, 2.24) is 5.32 Å². The van der Waals surface area contributed by atoms with Crippen LogP contribution in [0.2, 0.25) is 0 Å². The van der Waals surface area contributed by atoms with Gasteiger partial charge in [-0.3, -0.25) is 14.4 Å². The second-order valence-corrected chi connectivity index (χ2v) is 5.57. The van der Waals surface area contributed by atoms with Gasteiger partial charge in [0.15, 0.2) is 0 Å². The van der Waals surface area contributed by atoms with E-state index in [9.17, 15) is 14.4 Å². The van der Waals surface area contributed by atoms with Gasteiger partial charge >= 0.3 is 5.97 Å². The van der Waals surface area contributed by atoms with Gasteiger partial charge in [0.25, 0.3) is 0 Å². The molecular formula is C15H19BrN2O4. The molecule has 0 fully saturated rings. The average Bonchev–Trinajstić information content (AvgIpc) is 2.47. The maximum Gasteiger partial charge on any atom is 0.306 e. The van der Waals surface area contributed by atoms with Crippen molar-refractivity contribution in [3.05, 3.63) is 34.3 Å². The van der Waals surface area contributed by atoms with Crippen molar-refractivity contribution in [3.8, 4) is 0 Å². The Balaban J connectivity index is 2.53. The van der Waals surface area contributed by atoms with Crippen LogP contribution in [0.1, 0.15) is 25.3 Å². The summed E-state index contributed by atoms with van der Waals surface area (Å²) in [5.41, 5.74) is 6.18. The summed E-state index contributed by atoms with van der Waals surface area (Å²) in [7, 11) is 0. The fourth-order valence-corrected chi connectivity index (χ4v) is 2.06. The van der Waals surface area contributed by atoms with E-state index < -0.39 is 23.8 Å². The monoisotopic (exact) mass is 370 g/mol. The molecule has 2 amide bonds. The van der Waals surface area contributed by atoms with E-state index in [0.29, 0.717) is 6.42 Å². The van der Waals surface area contributed by atoms with Crippen LogP contribution in [0.25, 0.3) is 0 Å². The number of hydrogen-bond acceptors (Lipinski definition) is 4. The van der Waals surface area contributed by atoms with Gasteiger partial charge in [-0.2, -0.15) is 0 Å². The first-order valence-electron chi connectivity index (χ1n) is 6.91. The Morgan fingerprint density at radius 3 is 2.41 bits per heavy atom. The van der Waals surface area contributed by atoms with E-state index in [4.69, 9.17) is 10.5 Å². The molecule has 1 atom stereocenters. The third-order valence-electron chi connectivity index (χ3n) is 2.89. The van der Waals surface area contributed by atoms with Gasteiger partial charge in [0, 0.05) is 17.3 Å². The summed E-state index contributed by atoms with van der Waals surface area (Å²) in [6.45, 7) is 1.97. The summed E-state index contributed by atoms with van der Waals surface area (Å²) in [6.07, 6.45) is 0.236.